The molecule has 1 aliphatic rings. The Morgan fingerprint density at radius 1 is 1.55 bits per heavy atom. The molecule has 0 aromatic carbocycles. The first-order chi connectivity index (χ1) is 10.3. The molecule has 1 aromatic heterocycles. The minimum absolute atomic E-state index is 0.221. The molecule has 120 valence electrons. The lowest BCUT2D eigenvalue weighted by atomic mass is 10.1. The summed E-state index contributed by atoms with van der Waals surface area (Å²) < 4.78 is 30.1. The van der Waals surface area contributed by atoms with E-state index in [1.807, 2.05) is 13.0 Å². The Kier molecular flexibility index (Phi) is 5.01. The quantitative estimate of drug-likeness (QED) is 0.873. The van der Waals surface area contributed by atoms with Crippen LogP contribution in [0.3, 0.4) is 0 Å². The Morgan fingerprint density at radius 2 is 2.27 bits per heavy atom. The second-order valence-electron chi connectivity index (χ2n) is 5.39. The third kappa shape index (κ3) is 3.94. The molecule has 1 unspecified atom stereocenters. The lowest BCUT2D eigenvalue weighted by Crippen LogP contribution is -2.47. The number of anilines is 1. The Bertz CT molecular complexity index is 674. The van der Waals surface area contributed by atoms with E-state index in [9.17, 15) is 8.42 Å². The highest BCUT2D eigenvalue weighted by Crippen LogP contribution is 2.16. The van der Waals surface area contributed by atoms with Crippen LogP contribution in [0.1, 0.15) is 16.8 Å². The Hall–Kier alpha value is -1.69. The molecule has 0 aliphatic carbocycles. The number of nitrogens with one attached hydrogen (secondary N) is 1. The lowest BCUT2D eigenvalue weighted by molar-refractivity contribution is 0.00700. The van der Waals surface area contributed by atoms with Crippen LogP contribution in [0.15, 0.2) is 6.07 Å². The SMILES string of the molecule is Cc1cc(NCC2CN(S(C)(=O)=O)CCO2)nc(C)c1C#N. The number of morpholine rings is 1. The predicted molar refractivity (Wildman–Crippen MR) is 83.1 cm³/mol. The van der Waals surface area contributed by atoms with Crippen LogP contribution in [0.5, 0.6) is 0 Å². The van der Waals surface area contributed by atoms with Gasteiger partial charge in [0, 0.05) is 19.6 Å². The van der Waals surface area contributed by atoms with Gasteiger partial charge in [-0.05, 0) is 25.5 Å². The molecule has 1 saturated heterocycles. The van der Waals surface area contributed by atoms with Crippen molar-refractivity contribution >= 4 is 15.8 Å². The molecule has 7 nitrogen and oxygen atoms in total. The van der Waals surface area contributed by atoms with E-state index in [1.54, 1.807) is 6.92 Å². The molecule has 1 aromatic rings. The molecule has 1 N–H and O–H groups in total. The molecule has 0 amide bonds. The van der Waals surface area contributed by atoms with Crippen molar-refractivity contribution in [2.45, 2.75) is 20.0 Å². The Balaban J connectivity index is 2.00. The van der Waals surface area contributed by atoms with Crippen molar-refractivity contribution in [2.75, 3.05) is 37.8 Å². The minimum atomic E-state index is -3.19. The molecule has 0 saturated carbocycles. The number of rotatable bonds is 4. The maximum atomic E-state index is 11.6. The standard InChI is InChI=1S/C14H20N4O3S/c1-10-6-14(17-11(2)13(10)7-15)16-8-12-9-18(4-5-21-12)22(3,19)20/h6,12H,4-5,8-9H2,1-3H3,(H,16,17). The van der Waals surface area contributed by atoms with Crippen molar-refractivity contribution < 1.29 is 13.2 Å². The van der Waals surface area contributed by atoms with Crippen molar-refractivity contribution in [2.24, 2.45) is 0 Å². The van der Waals surface area contributed by atoms with E-state index >= 15 is 0 Å². The third-order valence-corrected chi connectivity index (χ3v) is 4.86. The highest BCUT2D eigenvalue weighted by atomic mass is 32.2. The number of aromatic nitrogens is 1. The summed E-state index contributed by atoms with van der Waals surface area (Å²) in [5.74, 6) is 0.661. The zero-order chi connectivity index (χ0) is 16.3. The van der Waals surface area contributed by atoms with E-state index < -0.39 is 10.0 Å². The first kappa shape index (κ1) is 16.7. The van der Waals surface area contributed by atoms with Gasteiger partial charge in [-0.2, -0.15) is 9.57 Å². The first-order valence-electron chi connectivity index (χ1n) is 7.00. The predicted octanol–water partition coefficient (Wildman–Crippen LogP) is 0.642. The van der Waals surface area contributed by atoms with E-state index in [0.29, 0.717) is 43.3 Å². The Morgan fingerprint density at radius 3 is 2.86 bits per heavy atom. The monoisotopic (exact) mass is 324 g/mol. The van der Waals surface area contributed by atoms with Crippen molar-refractivity contribution in [3.05, 3.63) is 22.9 Å². The largest absolute Gasteiger partial charge is 0.374 e. The summed E-state index contributed by atoms with van der Waals surface area (Å²) in [5.41, 5.74) is 2.12. The van der Waals surface area contributed by atoms with E-state index in [-0.39, 0.29) is 6.10 Å². The molecular formula is C14H20N4O3S. The van der Waals surface area contributed by atoms with Crippen LogP contribution in [0, 0.1) is 25.2 Å². The zero-order valence-electron chi connectivity index (χ0n) is 13.0. The molecule has 1 atom stereocenters. The number of hydrogen-bond acceptors (Lipinski definition) is 6. The molecular weight excluding hydrogens is 304 g/mol. The number of nitrogens with zero attached hydrogens (tertiary/aromatic N) is 3. The van der Waals surface area contributed by atoms with Crippen LogP contribution < -0.4 is 5.32 Å². The van der Waals surface area contributed by atoms with Gasteiger partial charge in [0.05, 0.1) is 30.2 Å². The number of sulfonamides is 1. The molecule has 1 fully saturated rings. The number of pyridine rings is 1. The highest BCUT2D eigenvalue weighted by molar-refractivity contribution is 7.88. The fraction of sp³-hybridized carbons (Fsp3) is 0.571. The zero-order valence-corrected chi connectivity index (χ0v) is 13.8. The summed E-state index contributed by atoms with van der Waals surface area (Å²) in [6.07, 6.45) is 0.985. The van der Waals surface area contributed by atoms with Gasteiger partial charge >= 0.3 is 0 Å². The summed E-state index contributed by atoms with van der Waals surface area (Å²) in [6, 6.07) is 3.94. The molecule has 22 heavy (non-hydrogen) atoms. The lowest BCUT2D eigenvalue weighted by Gasteiger charge is -2.31. The molecule has 1 aliphatic heterocycles. The summed E-state index contributed by atoms with van der Waals surface area (Å²) >= 11 is 0. The number of ether oxygens (including phenoxy) is 1. The van der Waals surface area contributed by atoms with Crippen molar-refractivity contribution in [3.63, 3.8) is 0 Å². The third-order valence-electron chi connectivity index (χ3n) is 3.59. The molecule has 2 rings (SSSR count). The second-order valence-corrected chi connectivity index (χ2v) is 7.37. The molecule has 2 heterocycles. The van der Waals surface area contributed by atoms with Gasteiger partial charge < -0.3 is 10.1 Å². The van der Waals surface area contributed by atoms with E-state index in [0.717, 1.165) is 5.56 Å². The summed E-state index contributed by atoms with van der Waals surface area (Å²) in [6.45, 7) is 5.23. The normalized spacial score (nSPS) is 19.6. The van der Waals surface area contributed by atoms with Gasteiger partial charge in [0.2, 0.25) is 10.0 Å². The molecule has 0 spiro atoms. The first-order valence-corrected chi connectivity index (χ1v) is 8.85. The van der Waals surface area contributed by atoms with E-state index in [2.05, 4.69) is 16.4 Å². The van der Waals surface area contributed by atoms with Crippen LogP contribution >= 0.6 is 0 Å². The maximum absolute atomic E-state index is 11.6. The number of hydrogen-bond donors (Lipinski definition) is 1. The van der Waals surface area contributed by atoms with Crippen molar-refractivity contribution in [3.8, 4) is 6.07 Å². The van der Waals surface area contributed by atoms with Crippen LogP contribution in [0.25, 0.3) is 0 Å². The smallest absolute Gasteiger partial charge is 0.211 e. The van der Waals surface area contributed by atoms with Crippen LogP contribution in [0.4, 0.5) is 5.82 Å². The highest BCUT2D eigenvalue weighted by Gasteiger charge is 2.26. The van der Waals surface area contributed by atoms with Gasteiger partial charge in [-0.15, -0.1) is 0 Å². The summed E-state index contributed by atoms with van der Waals surface area (Å²) in [7, 11) is -3.19. The average molecular weight is 324 g/mol. The van der Waals surface area contributed by atoms with Crippen LogP contribution in [-0.4, -0.2) is 56.3 Å². The van der Waals surface area contributed by atoms with Gasteiger partial charge in [0.15, 0.2) is 0 Å². The number of nitriles is 1. The minimum Gasteiger partial charge on any atom is -0.374 e. The van der Waals surface area contributed by atoms with Gasteiger partial charge in [0.1, 0.15) is 11.9 Å². The van der Waals surface area contributed by atoms with Crippen molar-refractivity contribution in [1.82, 2.24) is 9.29 Å². The fourth-order valence-electron chi connectivity index (χ4n) is 2.43. The molecule has 0 bridgehead atoms. The number of aryl methyl sites for hydroxylation is 2. The van der Waals surface area contributed by atoms with E-state index in [4.69, 9.17) is 10.00 Å². The van der Waals surface area contributed by atoms with E-state index in [1.165, 1.54) is 10.6 Å². The average Bonchev–Trinajstić information content (AvgIpc) is 2.44. The molecule has 8 heteroatoms. The Labute approximate surface area is 131 Å². The second kappa shape index (κ2) is 6.60. The summed E-state index contributed by atoms with van der Waals surface area (Å²) in [5, 5.41) is 12.2. The maximum Gasteiger partial charge on any atom is 0.211 e. The van der Waals surface area contributed by atoms with Gasteiger partial charge in [-0.1, -0.05) is 0 Å². The van der Waals surface area contributed by atoms with Gasteiger partial charge in [0.25, 0.3) is 0 Å². The van der Waals surface area contributed by atoms with Gasteiger partial charge in [-0.25, -0.2) is 13.4 Å². The van der Waals surface area contributed by atoms with Gasteiger partial charge in [-0.3, -0.25) is 0 Å². The summed E-state index contributed by atoms with van der Waals surface area (Å²) in [4.78, 5) is 4.34. The van der Waals surface area contributed by atoms with Crippen molar-refractivity contribution in [1.29, 1.82) is 5.26 Å². The van der Waals surface area contributed by atoms with Crippen LogP contribution in [-0.2, 0) is 14.8 Å². The van der Waals surface area contributed by atoms with Crippen LogP contribution in [0.2, 0.25) is 0 Å². The fourth-order valence-corrected chi connectivity index (χ4v) is 3.27. The molecule has 0 radical (unpaired) electrons. The topological polar surface area (TPSA) is 95.3 Å².